The molecule has 0 spiro atoms. The van der Waals surface area contributed by atoms with Gasteiger partial charge in [0, 0.05) is 17.9 Å². The number of nitrogens with one attached hydrogen (secondary N) is 1. The Balaban J connectivity index is 1.79. The Kier molecular flexibility index (Phi) is 18.4. The van der Waals surface area contributed by atoms with Gasteiger partial charge in [-0.15, -0.1) is 0 Å². The number of Topliss-reactive ketones (excluding diaryl/α,β-unsaturated/α-hetero) is 1. The Hall–Kier alpha value is -2.57. The maximum atomic E-state index is 13.0. The molecule has 0 aromatic carbocycles. The molecule has 1 N–H and O–H groups in total. The number of ketones is 1. The zero-order valence-corrected chi connectivity index (χ0v) is 28.8. The lowest BCUT2D eigenvalue weighted by Crippen LogP contribution is -2.50. The van der Waals surface area contributed by atoms with Crippen LogP contribution in [-0.2, 0) is 38.0 Å². The molecule has 0 radical (unpaired) electrons. The molecule has 2 aliphatic heterocycles. The van der Waals surface area contributed by atoms with Crippen molar-refractivity contribution in [3.8, 4) is 0 Å². The van der Waals surface area contributed by atoms with E-state index >= 15 is 0 Å². The highest BCUT2D eigenvalue weighted by atomic mass is 16.6. The first-order valence-electron chi connectivity index (χ1n) is 16.5. The van der Waals surface area contributed by atoms with Crippen molar-refractivity contribution >= 4 is 11.7 Å². The van der Waals surface area contributed by atoms with Gasteiger partial charge in [-0.05, 0) is 64.0 Å². The smallest absolute Gasteiger partial charge is 0.243 e. The van der Waals surface area contributed by atoms with Crippen molar-refractivity contribution < 1.29 is 38.0 Å². The van der Waals surface area contributed by atoms with Gasteiger partial charge in [-0.2, -0.15) is 0 Å². The van der Waals surface area contributed by atoms with Crippen LogP contribution in [0.4, 0.5) is 0 Å². The van der Waals surface area contributed by atoms with E-state index in [9.17, 15) is 9.59 Å². The largest absolute Gasteiger partial charge is 0.379 e. The van der Waals surface area contributed by atoms with E-state index < -0.39 is 17.8 Å². The Labute approximate surface area is 274 Å². The number of amides is 1. The summed E-state index contributed by atoms with van der Waals surface area (Å²) in [4.78, 5) is 27.9. The van der Waals surface area contributed by atoms with Gasteiger partial charge in [0.25, 0.3) is 0 Å². The lowest BCUT2D eigenvalue weighted by Gasteiger charge is -2.39. The SMILES string of the molecule is CC(/C=C/[C@H]1OC(C)(C)CC(=O)[C@@H]1OCCOCCOCCOCCN=[N+]=[N-])=C\C[C@@H]1O[C@H](C)[C@H](NC(=O)/C=C\C(C)C)C[C@@H]1C. The van der Waals surface area contributed by atoms with E-state index in [1.54, 1.807) is 6.08 Å². The number of rotatable bonds is 20. The second kappa shape index (κ2) is 21.3. The minimum atomic E-state index is -0.704. The summed E-state index contributed by atoms with van der Waals surface area (Å²) in [6, 6.07) is -0.0197. The zero-order valence-electron chi connectivity index (χ0n) is 28.8. The Morgan fingerprint density at radius 2 is 1.74 bits per heavy atom. The van der Waals surface area contributed by atoms with E-state index in [4.69, 9.17) is 34.0 Å². The molecule has 0 aliphatic carbocycles. The van der Waals surface area contributed by atoms with Crippen molar-refractivity contribution in [1.29, 1.82) is 0 Å². The lowest BCUT2D eigenvalue weighted by atomic mass is 9.88. The summed E-state index contributed by atoms with van der Waals surface area (Å²) in [5, 5.41) is 6.48. The molecule has 2 rings (SSSR count). The van der Waals surface area contributed by atoms with Gasteiger partial charge in [0.05, 0.1) is 70.1 Å². The molecule has 0 bridgehead atoms. The van der Waals surface area contributed by atoms with Crippen LogP contribution in [0.1, 0.15) is 67.7 Å². The minimum Gasteiger partial charge on any atom is -0.379 e. The molecule has 0 aromatic heterocycles. The number of nitrogens with zero attached hydrogens (tertiary/aromatic N) is 3. The van der Waals surface area contributed by atoms with Crippen LogP contribution < -0.4 is 5.32 Å². The predicted octanol–water partition coefficient (Wildman–Crippen LogP) is 5.27. The van der Waals surface area contributed by atoms with Crippen LogP contribution in [0.15, 0.2) is 41.1 Å². The molecule has 1 amide bonds. The first-order chi connectivity index (χ1) is 21.9. The van der Waals surface area contributed by atoms with Gasteiger partial charge in [-0.25, -0.2) is 0 Å². The first-order valence-corrected chi connectivity index (χ1v) is 16.5. The van der Waals surface area contributed by atoms with Crippen molar-refractivity contribution in [2.75, 3.05) is 52.8 Å². The molecule has 6 atom stereocenters. The molecule has 2 aliphatic rings. The summed E-state index contributed by atoms with van der Waals surface area (Å²) in [5.41, 5.74) is 8.68. The number of hydrogen-bond acceptors (Lipinski definition) is 9. The fourth-order valence-electron chi connectivity index (χ4n) is 5.27. The third-order valence-electron chi connectivity index (χ3n) is 7.74. The van der Waals surface area contributed by atoms with E-state index in [1.165, 1.54) is 0 Å². The van der Waals surface area contributed by atoms with Gasteiger partial charge in [-0.1, -0.05) is 55.8 Å². The van der Waals surface area contributed by atoms with E-state index in [1.807, 2.05) is 59.8 Å². The fraction of sp³-hybridized carbons (Fsp3) is 0.765. The van der Waals surface area contributed by atoms with Crippen LogP contribution >= 0.6 is 0 Å². The Morgan fingerprint density at radius 1 is 1.09 bits per heavy atom. The highest BCUT2D eigenvalue weighted by Crippen LogP contribution is 2.30. The van der Waals surface area contributed by atoms with Gasteiger partial charge < -0.3 is 33.7 Å². The molecule has 2 fully saturated rings. The van der Waals surface area contributed by atoms with Gasteiger partial charge in [0.1, 0.15) is 12.2 Å². The van der Waals surface area contributed by atoms with Crippen LogP contribution in [0.2, 0.25) is 0 Å². The summed E-state index contributed by atoms with van der Waals surface area (Å²) >= 11 is 0. The van der Waals surface area contributed by atoms with Gasteiger partial charge in [0.2, 0.25) is 5.91 Å². The van der Waals surface area contributed by atoms with Gasteiger partial charge in [-0.3, -0.25) is 9.59 Å². The molecular weight excluding hydrogens is 592 g/mol. The molecule has 260 valence electrons. The first kappa shape index (κ1) is 39.6. The number of hydrogen-bond donors (Lipinski definition) is 1. The standard InChI is InChI=1S/C34H56N4O8/c1-24(2)8-13-32(40)37-28-22-26(4)30(45-27(28)5)11-9-25(3)10-12-31-33(29(39)23-34(6,7)46-31)44-21-20-43-19-18-42-17-16-41-15-14-36-38-35/h8-10,12-13,24,26-28,30-31,33H,11,14-23H2,1-7H3,(H,37,40)/b12-10+,13-8-,25-9+/t26-,27+,28+,30-,31+,33-/m0/s1. The molecule has 2 saturated heterocycles. The molecule has 46 heavy (non-hydrogen) atoms. The van der Waals surface area contributed by atoms with E-state index in [0.29, 0.717) is 52.1 Å². The van der Waals surface area contributed by atoms with E-state index in [0.717, 1.165) is 18.4 Å². The summed E-state index contributed by atoms with van der Waals surface area (Å²) in [6.07, 6.45) is 10.2. The molecule has 0 saturated carbocycles. The van der Waals surface area contributed by atoms with Crippen molar-refractivity contribution in [1.82, 2.24) is 5.32 Å². The topological polar surface area (TPSA) is 150 Å². The normalized spacial score (nSPS) is 27.0. The summed E-state index contributed by atoms with van der Waals surface area (Å²) < 4.78 is 34.8. The number of azide groups is 1. The Morgan fingerprint density at radius 3 is 2.39 bits per heavy atom. The van der Waals surface area contributed by atoms with Crippen molar-refractivity contribution in [2.45, 2.75) is 104 Å². The third-order valence-corrected chi connectivity index (χ3v) is 7.74. The predicted molar refractivity (Wildman–Crippen MR) is 176 cm³/mol. The maximum Gasteiger partial charge on any atom is 0.243 e. The van der Waals surface area contributed by atoms with Crippen molar-refractivity contribution in [2.24, 2.45) is 17.0 Å². The number of allylic oxidation sites excluding steroid dienone is 3. The summed E-state index contributed by atoms with van der Waals surface area (Å²) in [5.74, 6) is 0.541. The Bertz CT molecular complexity index is 1070. The second-order valence-corrected chi connectivity index (χ2v) is 12.9. The molecule has 12 nitrogen and oxygen atoms in total. The number of ether oxygens (including phenoxy) is 6. The van der Waals surface area contributed by atoms with Crippen LogP contribution in [0.25, 0.3) is 10.4 Å². The minimum absolute atomic E-state index is 0.0103. The molecule has 0 aromatic rings. The molecular formula is C34H56N4O8. The fourth-order valence-corrected chi connectivity index (χ4v) is 5.27. The lowest BCUT2D eigenvalue weighted by molar-refractivity contribution is -0.176. The average Bonchev–Trinajstić information content (AvgIpc) is 2.98. The van der Waals surface area contributed by atoms with E-state index in [2.05, 4.69) is 28.3 Å². The van der Waals surface area contributed by atoms with E-state index in [-0.39, 0.29) is 48.9 Å². The monoisotopic (exact) mass is 648 g/mol. The zero-order chi connectivity index (χ0) is 34.0. The number of carbonyl (C=O) groups excluding carboxylic acids is 2. The average molecular weight is 649 g/mol. The summed E-state index contributed by atoms with van der Waals surface area (Å²) in [6.45, 7) is 17.0. The second-order valence-electron chi connectivity index (χ2n) is 12.9. The molecule has 0 unspecified atom stereocenters. The highest BCUT2D eigenvalue weighted by Gasteiger charge is 2.41. The van der Waals surface area contributed by atoms with Crippen LogP contribution in [0.5, 0.6) is 0 Å². The molecule has 2 heterocycles. The van der Waals surface area contributed by atoms with Crippen LogP contribution in [0, 0.1) is 11.8 Å². The van der Waals surface area contributed by atoms with Crippen molar-refractivity contribution in [3.05, 3.63) is 46.4 Å². The molecule has 12 heteroatoms. The van der Waals surface area contributed by atoms with Gasteiger partial charge in [0.15, 0.2) is 5.78 Å². The maximum absolute atomic E-state index is 13.0. The van der Waals surface area contributed by atoms with Gasteiger partial charge >= 0.3 is 0 Å². The summed E-state index contributed by atoms with van der Waals surface area (Å²) in [7, 11) is 0. The van der Waals surface area contributed by atoms with Crippen molar-refractivity contribution in [3.63, 3.8) is 0 Å². The van der Waals surface area contributed by atoms with Crippen LogP contribution in [-0.4, -0.2) is 101 Å². The van der Waals surface area contributed by atoms with Crippen LogP contribution in [0.3, 0.4) is 0 Å². The highest BCUT2D eigenvalue weighted by molar-refractivity contribution is 5.87. The number of carbonyl (C=O) groups is 2. The third kappa shape index (κ3) is 15.8. The quantitative estimate of drug-likeness (QED) is 0.0468.